The molecule has 1 aromatic rings. The van der Waals surface area contributed by atoms with Gasteiger partial charge in [-0.15, -0.1) is 0 Å². The molecule has 64 valence electrons. The van der Waals surface area contributed by atoms with E-state index in [0.717, 1.165) is 0 Å². The van der Waals surface area contributed by atoms with Crippen molar-refractivity contribution < 1.29 is 19.4 Å². The summed E-state index contributed by atoms with van der Waals surface area (Å²) in [7, 11) is 1.44. The lowest BCUT2D eigenvalue weighted by Crippen LogP contribution is -2.03. The summed E-state index contributed by atoms with van der Waals surface area (Å²) in [6.07, 6.45) is 0.0418. The van der Waals surface area contributed by atoms with Crippen molar-refractivity contribution in [1.29, 1.82) is 0 Å². The molecule has 0 bridgehead atoms. The largest absolute Gasteiger partial charge is 0.511 e. The summed E-state index contributed by atoms with van der Waals surface area (Å²) < 4.78 is 9.11. The van der Waals surface area contributed by atoms with E-state index in [0.29, 0.717) is 5.88 Å². The molecule has 12 heavy (non-hydrogen) atoms. The molecule has 0 aliphatic rings. The van der Waals surface area contributed by atoms with Gasteiger partial charge in [0.15, 0.2) is 0 Å². The Morgan fingerprint density at radius 2 is 2.42 bits per heavy atom. The minimum atomic E-state index is -1.36. The average molecular weight is 169 g/mol. The zero-order chi connectivity index (χ0) is 8.97. The van der Waals surface area contributed by atoms with E-state index in [-0.39, 0.29) is 5.75 Å². The second-order valence-corrected chi connectivity index (χ2v) is 1.90. The van der Waals surface area contributed by atoms with Gasteiger partial charge in [-0.2, -0.15) is 0 Å². The zero-order valence-electron chi connectivity index (χ0n) is 6.35. The van der Waals surface area contributed by atoms with Gasteiger partial charge in [0.1, 0.15) is 5.75 Å². The third kappa shape index (κ3) is 2.12. The van der Waals surface area contributed by atoms with Crippen molar-refractivity contribution in [2.45, 2.75) is 0 Å². The summed E-state index contributed by atoms with van der Waals surface area (Å²) in [5.41, 5.74) is 0. The van der Waals surface area contributed by atoms with Crippen LogP contribution in [0.3, 0.4) is 0 Å². The molecule has 0 spiro atoms. The predicted molar refractivity (Wildman–Crippen MR) is 39.4 cm³/mol. The summed E-state index contributed by atoms with van der Waals surface area (Å²) in [5, 5.41) is 8.25. The van der Waals surface area contributed by atoms with Crippen molar-refractivity contribution in [2.75, 3.05) is 7.11 Å². The van der Waals surface area contributed by atoms with Gasteiger partial charge in [0.25, 0.3) is 0 Å². The van der Waals surface area contributed by atoms with E-state index in [1.165, 1.54) is 25.4 Å². The van der Waals surface area contributed by atoms with Gasteiger partial charge in [-0.3, -0.25) is 0 Å². The lowest BCUT2D eigenvalue weighted by molar-refractivity contribution is 0.144. The molecule has 0 atom stereocenters. The third-order valence-electron chi connectivity index (χ3n) is 1.12. The second-order valence-electron chi connectivity index (χ2n) is 1.90. The molecule has 0 saturated heterocycles. The molecular formula is C7H7NO4. The first kappa shape index (κ1) is 8.32. The van der Waals surface area contributed by atoms with Crippen LogP contribution in [-0.4, -0.2) is 23.4 Å². The number of methoxy groups -OCH3 is 1. The van der Waals surface area contributed by atoms with E-state index in [1.807, 2.05) is 0 Å². The number of nitrogens with zero attached hydrogens (tertiary/aromatic N) is 1. The molecule has 0 aliphatic heterocycles. The molecule has 1 rings (SSSR count). The first-order valence-electron chi connectivity index (χ1n) is 3.13. The van der Waals surface area contributed by atoms with Crippen molar-refractivity contribution in [1.82, 2.24) is 4.98 Å². The third-order valence-corrected chi connectivity index (χ3v) is 1.12. The molecule has 5 heteroatoms. The topological polar surface area (TPSA) is 68.7 Å². The Morgan fingerprint density at radius 3 is 3.00 bits per heavy atom. The lowest BCUT2D eigenvalue weighted by Gasteiger charge is -2.00. The fourth-order valence-corrected chi connectivity index (χ4v) is 0.667. The normalized spacial score (nSPS) is 9.08. The lowest BCUT2D eigenvalue weighted by atomic mass is 10.4. The van der Waals surface area contributed by atoms with Crippen LogP contribution in [0.25, 0.3) is 0 Å². The molecule has 0 fully saturated rings. The van der Waals surface area contributed by atoms with Gasteiger partial charge in [-0.1, -0.05) is 0 Å². The van der Waals surface area contributed by atoms with Gasteiger partial charge in [-0.25, -0.2) is 9.78 Å². The van der Waals surface area contributed by atoms with Crippen LogP contribution in [0.1, 0.15) is 0 Å². The summed E-state index contributed by atoms with van der Waals surface area (Å²) in [4.78, 5) is 13.9. The Labute approximate surface area is 68.6 Å². The van der Waals surface area contributed by atoms with Crippen LogP contribution in [-0.2, 0) is 0 Å². The Balaban J connectivity index is 2.79. The quantitative estimate of drug-likeness (QED) is 0.672. The molecule has 0 saturated carbocycles. The molecule has 0 radical (unpaired) electrons. The first-order valence-corrected chi connectivity index (χ1v) is 3.13. The van der Waals surface area contributed by atoms with Crippen molar-refractivity contribution in [3.05, 3.63) is 18.3 Å². The Hall–Kier alpha value is -1.78. The maximum atomic E-state index is 10.1. The van der Waals surface area contributed by atoms with Gasteiger partial charge >= 0.3 is 6.16 Å². The minimum Gasteiger partial charge on any atom is -0.481 e. The van der Waals surface area contributed by atoms with E-state index in [1.54, 1.807) is 0 Å². The molecule has 0 unspecified atom stereocenters. The van der Waals surface area contributed by atoms with E-state index in [9.17, 15) is 4.79 Å². The van der Waals surface area contributed by atoms with Crippen LogP contribution in [0.5, 0.6) is 11.6 Å². The maximum Gasteiger partial charge on any atom is 0.511 e. The van der Waals surface area contributed by atoms with Crippen molar-refractivity contribution in [3.63, 3.8) is 0 Å². The number of hydrogen-bond donors (Lipinski definition) is 1. The van der Waals surface area contributed by atoms with E-state index < -0.39 is 6.16 Å². The molecule has 1 heterocycles. The smallest absolute Gasteiger partial charge is 0.481 e. The SMILES string of the molecule is COc1cc(OC(=O)O)ccn1. The fraction of sp³-hybridized carbons (Fsp3) is 0.143. The summed E-state index contributed by atoms with van der Waals surface area (Å²) >= 11 is 0. The first-order chi connectivity index (χ1) is 5.72. The predicted octanol–water partition coefficient (Wildman–Crippen LogP) is 1.15. The number of ether oxygens (including phenoxy) is 2. The van der Waals surface area contributed by atoms with Crippen molar-refractivity contribution in [3.8, 4) is 11.6 Å². The zero-order valence-corrected chi connectivity index (χ0v) is 6.35. The number of rotatable bonds is 2. The number of hydrogen-bond acceptors (Lipinski definition) is 4. The molecule has 0 aliphatic carbocycles. The van der Waals surface area contributed by atoms with Crippen LogP contribution in [0.4, 0.5) is 4.79 Å². The molecule has 1 N–H and O–H groups in total. The van der Waals surface area contributed by atoms with E-state index in [4.69, 9.17) is 9.84 Å². The van der Waals surface area contributed by atoms with Crippen LogP contribution in [0.15, 0.2) is 18.3 Å². The maximum absolute atomic E-state index is 10.1. The number of aromatic nitrogens is 1. The average Bonchev–Trinajstić information content (AvgIpc) is 2.03. The monoisotopic (exact) mass is 169 g/mol. The standard InChI is InChI=1S/C7H7NO4/c1-11-6-4-5(2-3-8-6)12-7(9)10/h2-4H,1H3,(H,9,10). The van der Waals surface area contributed by atoms with Gasteiger partial charge in [-0.05, 0) is 6.07 Å². The highest BCUT2D eigenvalue weighted by atomic mass is 16.7. The van der Waals surface area contributed by atoms with E-state index >= 15 is 0 Å². The van der Waals surface area contributed by atoms with Crippen LogP contribution < -0.4 is 9.47 Å². The van der Waals surface area contributed by atoms with Gasteiger partial charge in [0.05, 0.1) is 7.11 Å². The Bertz CT molecular complexity index is 286. The summed E-state index contributed by atoms with van der Waals surface area (Å²) in [6.45, 7) is 0. The van der Waals surface area contributed by atoms with Gasteiger partial charge in [0, 0.05) is 12.3 Å². The molecule has 0 aromatic carbocycles. The number of carboxylic acid groups (broad SMARTS) is 1. The van der Waals surface area contributed by atoms with Crippen LogP contribution in [0.2, 0.25) is 0 Å². The summed E-state index contributed by atoms with van der Waals surface area (Å²) in [5.74, 6) is 0.503. The molecule has 0 amide bonds. The van der Waals surface area contributed by atoms with E-state index in [2.05, 4.69) is 9.72 Å². The highest BCUT2D eigenvalue weighted by molar-refractivity contribution is 5.61. The summed E-state index contributed by atoms with van der Waals surface area (Å²) in [6, 6.07) is 2.81. The van der Waals surface area contributed by atoms with Crippen molar-refractivity contribution in [2.24, 2.45) is 0 Å². The van der Waals surface area contributed by atoms with Gasteiger partial charge < -0.3 is 14.6 Å². The minimum absolute atomic E-state index is 0.189. The molecule has 1 aromatic heterocycles. The van der Waals surface area contributed by atoms with Gasteiger partial charge in [0.2, 0.25) is 5.88 Å². The van der Waals surface area contributed by atoms with Crippen LogP contribution >= 0.6 is 0 Å². The second kappa shape index (κ2) is 3.56. The highest BCUT2D eigenvalue weighted by Crippen LogP contribution is 2.15. The number of carbonyl (C=O) groups is 1. The van der Waals surface area contributed by atoms with Crippen molar-refractivity contribution >= 4 is 6.16 Å². The fourth-order valence-electron chi connectivity index (χ4n) is 0.667. The number of pyridine rings is 1. The highest BCUT2D eigenvalue weighted by Gasteiger charge is 2.01. The van der Waals surface area contributed by atoms with Crippen LogP contribution in [0, 0.1) is 0 Å². The Kier molecular flexibility index (Phi) is 2.47. The molecule has 5 nitrogen and oxygen atoms in total. The molecular weight excluding hydrogens is 162 g/mol. The Morgan fingerprint density at radius 1 is 1.67 bits per heavy atom.